The zero-order valence-electron chi connectivity index (χ0n) is 14.0. The van der Waals surface area contributed by atoms with E-state index in [1.165, 1.54) is 11.3 Å². The summed E-state index contributed by atoms with van der Waals surface area (Å²) in [6, 6.07) is 9.74. The van der Waals surface area contributed by atoms with Gasteiger partial charge in [0.25, 0.3) is 5.91 Å². The molecular weight excluding hydrogens is 356 g/mol. The topological polar surface area (TPSA) is 59.5 Å². The monoisotopic (exact) mass is 374 g/mol. The maximum Gasteiger partial charge on any atom is 0.311 e. The number of para-hydroxylation sites is 1. The van der Waals surface area contributed by atoms with Crippen molar-refractivity contribution in [3.05, 3.63) is 51.7 Å². The van der Waals surface area contributed by atoms with E-state index in [-0.39, 0.29) is 12.3 Å². The molecule has 25 heavy (non-hydrogen) atoms. The Bertz CT molecular complexity index is 840. The van der Waals surface area contributed by atoms with Crippen LogP contribution in [0, 0.1) is 0 Å². The minimum absolute atomic E-state index is 0.183. The average molecular weight is 374 g/mol. The maximum atomic E-state index is 12.4. The molecule has 1 aromatic carbocycles. The number of hydrogen-bond acceptors (Lipinski definition) is 6. The SMILES string of the molecule is CC(OC(=O)Cc1ccsc1)C(=O)N(C)Cc1nc2ccccc2s1. The van der Waals surface area contributed by atoms with Gasteiger partial charge in [0.1, 0.15) is 5.01 Å². The van der Waals surface area contributed by atoms with E-state index < -0.39 is 12.1 Å². The lowest BCUT2D eigenvalue weighted by atomic mass is 10.2. The van der Waals surface area contributed by atoms with Crippen LogP contribution in [0.5, 0.6) is 0 Å². The van der Waals surface area contributed by atoms with Crippen molar-refractivity contribution in [1.29, 1.82) is 0 Å². The Kier molecular flexibility index (Phi) is 5.45. The van der Waals surface area contributed by atoms with E-state index in [0.717, 1.165) is 20.8 Å². The highest BCUT2D eigenvalue weighted by atomic mass is 32.1. The summed E-state index contributed by atoms with van der Waals surface area (Å²) in [5.41, 5.74) is 1.83. The van der Waals surface area contributed by atoms with E-state index in [4.69, 9.17) is 4.74 Å². The second kappa shape index (κ2) is 7.76. The van der Waals surface area contributed by atoms with Gasteiger partial charge >= 0.3 is 5.97 Å². The molecule has 1 unspecified atom stereocenters. The van der Waals surface area contributed by atoms with E-state index >= 15 is 0 Å². The predicted molar refractivity (Wildman–Crippen MR) is 99.7 cm³/mol. The van der Waals surface area contributed by atoms with Crippen LogP contribution >= 0.6 is 22.7 Å². The van der Waals surface area contributed by atoms with Crippen molar-refractivity contribution < 1.29 is 14.3 Å². The van der Waals surface area contributed by atoms with Crippen LogP contribution in [0.4, 0.5) is 0 Å². The highest BCUT2D eigenvalue weighted by Gasteiger charge is 2.22. The molecular formula is C18H18N2O3S2. The highest BCUT2D eigenvalue weighted by molar-refractivity contribution is 7.18. The number of aromatic nitrogens is 1. The van der Waals surface area contributed by atoms with Gasteiger partial charge < -0.3 is 9.64 Å². The Balaban J connectivity index is 1.56. The molecule has 0 radical (unpaired) electrons. The standard InChI is InChI=1S/C18H18N2O3S2/c1-12(23-17(21)9-13-7-8-24-11-13)18(22)20(2)10-16-19-14-5-3-4-6-15(14)25-16/h3-8,11-12H,9-10H2,1-2H3. The third-order valence-electron chi connectivity index (χ3n) is 3.67. The smallest absolute Gasteiger partial charge is 0.311 e. The first-order chi connectivity index (χ1) is 12.0. The molecule has 5 nitrogen and oxygen atoms in total. The van der Waals surface area contributed by atoms with E-state index in [2.05, 4.69) is 4.98 Å². The van der Waals surface area contributed by atoms with Crippen LogP contribution in [0.15, 0.2) is 41.1 Å². The number of carbonyl (C=O) groups excluding carboxylic acids is 2. The Hall–Kier alpha value is -2.25. The molecule has 0 N–H and O–H groups in total. The normalized spacial score (nSPS) is 12.1. The molecule has 7 heteroatoms. The van der Waals surface area contributed by atoms with Gasteiger partial charge in [-0.3, -0.25) is 9.59 Å². The molecule has 3 aromatic rings. The Morgan fingerprint density at radius 1 is 1.28 bits per heavy atom. The van der Waals surface area contributed by atoms with Gasteiger partial charge in [-0.1, -0.05) is 12.1 Å². The largest absolute Gasteiger partial charge is 0.452 e. The summed E-state index contributed by atoms with van der Waals surface area (Å²) >= 11 is 3.09. The second-order valence-corrected chi connectivity index (χ2v) is 7.61. The number of esters is 1. The van der Waals surface area contributed by atoms with Crippen LogP contribution in [0.1, 0.15) is 17.5 Å². The lowest BCUT2D eigenvalue weighted by Gasteiger charge is -2.20. The number of thiazole rings is 1. The number of ether oxygens (including phenoxy) is 1. The molecule has 1 atom stereocenters. The number of amides is 1. The molecule has 0 spiro atoms. The summed E-state index contributed by atoms with van der Waals surface area (Å²) in [4.78, 5) is 30.4. The summed E-state index contributed by atoms with van der Waals surface area (Å²) < 4.78 is 6.35. The van der Waals surface area contributed by atoms with Gasteiger partial charge in [-0.2, -0.15) is 11.3 Å². The summed E-state index contributed by atoms with van der Waals surface area (Å²) in [6.07, 6.45) is -0.631. The maximum absolute atomic E-state index is 12.4. The summed E-state index contributed by atoms with van der Waals surface area (Å²) in [6.45, 7) is 1.99. The lowest BCUT2D eigenvalue weighted by Crippen LogP contribution is -2.37. The minimum Gasteiger partial charge on any atom is -0.452 e. The number of likely N-dealkylation sites (N-methyl/N-ethyl adjacent to an activating group) is 1. The number of hydrogen-bond donors (Lipinski definition) is 0. The van der Waals surface area contributed by atoms with E-state index in [1.54, 1.807) is 30.2 Å². The van der Waals surface area contributed by atoms with Crippen LogP contribution in [-0.2, 0) is 27.3 Å². The summed E-state index contributed by atoms with van der Waals surface area (Å²) in [5, 5.41) is 4.66. The van der Waals surface area contributed by atoms with E-state index in [9.17, 15) is 9.59 Å². The Morgan fingerprint density at radius 3 is 2.80 bits per heavy atom. The van der Waals surface area contributed by atoms with Crippen molar-refractivity contribution >= 4 is 44.8 Å². The van der Waals surface area contributed by atoms with Crippen LogP contribution in [0.2, 0.25) is 0 Å². The number of rotatable bonds is 6. The molecule has 2 aromatic heterocycles. The van der Waals surface area contributed by atoms with Crippen molar-refractivity contribution in [2.45, 2.75) is 26.0 Å². The Labute approximate surface area is 153 Å². The average Bonchev–Trinajstić information content (AvgIpc) is 3.22. The number of fused-ring (bicyclic) bond motifs is 1. The van der Waals surface area contributed by atoms with Crippen LogP contribution in [0.3, 0.4) is 0 Å². The molecule has 0 aliphatic rings. The third kappa shape index (κ3) is 4.43. The first-order valence-corrected chi connectivity index (χ1v) is 9.59. The fraction of sp³-hybridized carbons (Fsp3) is 0.278. The van der Waals surface area contributed by atoms with Crippen molar-refractivity contribution in [3.63, 3.8) is 0 Å². The fourth-order valence-electron chi connectivity index (χ4n) is 2.43. The summed E-state index contributed by atoms with van der Waals surface area (Å²) in [5.74, 6) is -0.634. The van der Waals surface area contributed by atoms with Crippen LogP contribution in [0.25, 0.3) is 10.2 Å². The van der Waals surface area contributed by atoms with Crippen molar-refractivity contribution in [3.8, 4) is 0 Å². The fourth-order valence-corrected chi connectivity index (χ4v) is 4.12. The second-order valence-electron chi connectivity index (χ2n) is 5.71. The van der Waals surface area contributed by atoms with Crippen LogP contribution < -0.4 is 0 Å². The van der Waals surface area contributed by atoms with Crippen molar-refractivity contribution in [2.24, 2.45) is 0 Å². The van der Waals surface area contributed by atoms with E-state index in [1.807, 2.05) is 41.1 Å². The zero-order valence-corrected chi connectivity index (χ0v) is 15.6. The number of thiophene rings is 1. The van der Waals surface area contributed by atoms with Crippen molar-refractivity contribution in [1.82, 2.24) is 9.88 Å². The molecule has 0 aliphatic heterocycles. The van der Waals surface area contributed by atoms with E-state index in [0.29, 0.717) is 6.54 Å². The van der Waals surface area contributed by atoms with Crippen LogP contribution in [-0.4, -0.2) is 34.9 Å². The molecule has 1 amide bonds. The number of nitrogens with zero attached hydrogens (tertiary/aromatic N) is 2. The molecule has 2 heterocycles. The quantitative estimate of drug-likeness (QED) is 0.620. The number of benzene rings is 1. The van der Waals surface area contributed by atoms with Gasteiger partial charge in [-0.05, 0) is 41.4 Å². The first-order valence-electron chi connectivity index (χ1n) is 7.83. The molecule has 0 bridgehead atoms. The van der Waals surface area contributed by atoms with Crippen molar-refractivity contribution in [2.75, 3.05) is 7.05 Å². The first kappa shape index (κ1) is 17.6. The molecule has 130 valence electrons. The molecule has 0 fully saturated rings. The lowest BCUT2D eigenvalue weighted by molar-refractivity contribution is -0.158. The number of carbonyl (C=O) groups is 2. The van der Waals surface area contributed by atoms with Gasteiger partial charge in [0.05, 0.1) is 23.2 Å². The molecule has 3 rings (SSSR count). The predicted octanol–water partition coefficient (Wildman–Crippen LogP) is 3.49. The molecule has 0 saturated heterocycles. The van der Waals surface area contributed by atoms with Gasteiger partial charge in [-0.25, -0.2) is 4.98 Å². The van der Waals surface area contributed by atoms with Gasteiger partial charge in [0, 0.05) is 7.05 Å². The third-order valence-corrected chi connectivity index (χ3v) is 5.42. The van der Waals surface area contributed by atoms with Gasteiger partial charge in [0.15, 0.2) is 6.10 Å². The molecule has 0 saturated carbocycles. The Morgan fingerprint density at radius 2 is 2.08 bits per heavy atom. The summed E-state index contributed by atoms with van der Waals surface area (Å²) in [7, 11) is 1.69. The zero-order chi connectivity index (χ0) is 17.8. The highest BCUT2D eigenvalue weighted by Crippen LogP contribution is 2.22. The molecule has 0 aliphatic carbocycles. The van der Waals surface area contributed by atoms with Gasteiger partial charge in [0.2, 0.25) is 0 Å². The van der Waals surface area contributed by atoms with Gasteiger partial charge in [-0.15, -0.1) is 11.3 Å². The minimum atomic E-state index is -0.814.